The van der Waals surface area contributed by atoms with E-state index < -0.39 is 30.7 Å². The fourth-order valence-electron chi connectivity index (χ4n) is 2.55. The molecule has 2 saturated heterocycles. The minimum absolute atomic E-state index is 0.00468. The average molecular weight is 273 g/mol. The number of likely N-dealkylation sites (tertiary alicyclic amines) is 1. The van der Waals surface area contributed by atoms with Crippen molar-refractivity contribution in [1.82, 2.24) is 4.90 Å². The number of hydrogen-bond acceptors (Lipinski definition) is 7. The van der Waals surface area contributed by atoms with Crippen molar-refractivity contribution in [3.05, 3.63) is 5.70 Å². The van der Waals surface area contributed by atoms with Crippen LogP contribution in [0.3, 0.4) is 0 Å². The van der Waals surface area contributed by atoms with Gasteiger partial charge in [0.15, 0.2) is 6.29 Å². The van der Waals surface area contributed by atoms with Gasteiger partial charge in [-0.25, -0.2) is 4.79 Å². The molecule has 4 N–H and O–H groups in total. The van der Waals surface area contributed by atoms with Crippen molar-refractivity contribution in [1.29, 1.82) is 0 Å². The van der Waals surface area contributed by atoms with E-state index in [0.29, 0.717) is 13.1 Å². The van der Waals surface area contributed by atoms with Crippen LogP contribution < -0.4 is 0 Å². The molecular formula is C12H19NO6. The van der Waals surface area contributed by atoms with Gasteiger partial charge in [0, 0.05) is 13.1 Å². The smallest absolute Gasteiger partial charge is 0.184 e. The van der Waals surface area contributed by atoms with Crippen LogP contribution in [0.15, 0.2) is 5.70 Å². The lowest BCUT2D eigenvalue weighted by molar-refractivity contribution is -0.143. The first kappa shape index (κ1) is 14.5. The van der Waals surface area contributed by atoms with Gasteiger partial charge < -0.3 is 30.1 Å². The number of piperidine rings is 1. The summed E-state index contributed by atoms with van der Waals surface area (Å²) < 4.78 is 4.90. The Morgan fingerprint density at radius 3 is 2.26 bits per heavy atom. The first-order chi connectivity index (χ1) is 9.06. The summed E-state index contributed by atoms with van der Waals surface area (Å²) in [4.78, 5) is 12.7. The van der Waals surface area contributed by atoms with E-state index in [-0.39, 0.29) is 5.70 Å². The molecule has 2 heterocycles. The van der Waals surface area contributed by atoms with E-state index in [0.717, 1.165) is 19.3 Å². The van der Waals surface area contributed by atoms with Crippen LogP contribution in [0.4, 0.5) is 0 Å². The summed E-state index contributed by atoms with van der Waals surface area (Å²) in [7, 11) is 0. The summed E-state index contributed by atoms with van der Waals surface area (Å²) in [6.07, 6.45) is -4.26. The topological polar surface area (TPSA) is 110 Å². The standard InChI is InChI=1S/C12H19NO6/c14-6-7(13-4-2-1-3-5-13)8(15)11-9(16)10(17)12(18)19-11/h8-12,15-18H,1-5H2/t8-,9-,10-,11-,12+/m1/s1. The quantitative estimate of drug-likeness (QED) is 0.440. The third-order valence-electron chi connectivity index (χ3n) is 3.67. The lowest BCUT2D eigenvalue weighted by Gasteiger charge is -2.33. The molecular weight excluding hydrogens is 254 g/mol. The highest BCUT2D eigenvalue weighted by Crippen LogP contribution is 2.26. The van der Waals surface area contributed by atoms with Crippen molar-refractivity contribution in [3.8, 4) is 0 Å². The van der Waals surface area contributed by atoms with Crippen molar-refractivity contribution in [2.45, 2.75) is 50.0 Å². The van der Waals surface area contributed by atoms with Crippen molar-refractivity contribution in [2.24, 2.45) is 0 Å². The van der Waals surface area contributed by atoms with E-state index in [1.54, 1.807) is 10.8 Å². The number of hydrogen-bond donors (Lipinski definition) is 4. The summed E-state index contributed by atoms with van der Waals surface area (Å²) in [5.41, 5.74) is 0.00468. The first-order valence-electron chi connectivity index (χ1n) is 6.44. The molecule has 2 fully saturated rings. The molecule has 5 atom stereocenters. The highest BCUT2D eigenvalue weighted by atomic mass is 16.6. The van der Waals surface area contributed by atoms with Gasteiger partial charge in [-0.1, -0.05) is 0 Å². The van der Waals surface area contributed by atoms with Gasteiger partial charge in [0.25, 0.3) is 0 Å². The van der Waals surface area contributed by atoms with Crippen LogP contribution in [0.5, 0.6) is 0 Å². The van der Waals surface area contributed by atoms with E-state index in [2.05, 4.69) is 0 Å². The molecule has 0 amide bonds. The largest absolute Gasteiger partial charge is 0.387 e. The van der Waals surface area contributed by atoms with Crippen molar-refractivity contribution in [3.63, 3.8) is 0 Å². The Balaban J connectivity index is 2.09. The zero-order valence-corrected chi connectivity index (χ0v) is 10.5. The molecule has 2 aliphatic rings. The van der Waals surface area contributed by atoms with E-state index in [1.807, 2.05) is 0 Å². The van der Waals surface area contributed by atoms with Crippen LogP contribution in [0, 0.1) is 0 Å². The summed E-state index contributed by atoms with van der Waals surface area (Å²) in [6.45, 7) is 1.27. The summed E-state index contributed by atoms with van der Waals surface area (Å²) >= 11 is 0. The maximum absolute atomic E-state index is 11.0. The Bertz CT molecular complexity index is 363. The Labute approximate surface area is 110 Å². The number of nitrogens with zero attached hydrogens (tertiary/aromatic N) is 1. The fraction of sp³-hybridized carbons (Fsp3) is 0.833. The van der Waals surface area contributed by atoms with Gasteiger partial charge in [0.2, 0.25) is 0 Å². The fourth-order valence-corrected chi connectivity index (χ4v) is 2.55. The van der Waals surface area contributed by atoms with E-state index in [4.69, 9.17) is 4.74 Å². The molecule has 7 heteroatoms. The van der Waals surface area contributed by atoms with Gasteiger partial charge in [0.1, 0.15) is 36.1 Å². The predicted molar refractivity (Wildman–Crippen MR) is 63.5 cm³/mol. The number of rotatable bonds is 3. The summed E-state index contributed by atoms with van der Waals surface area (Å²) in [6, 6.07) is 0. The molecule has 0 saturated carbocycles. The zero-order valence-electron chi connectivity index (χ0n) is 10.5. The molecule has 0 aromatic heterocycles. The summed E-state index contributed by atoms with van der Waals surface area (Å²) in [5, 5.41) is 38.5. The van der Waals surface area contributed by atoms with E-state index in [9.17, 15) is 25.2 Å². The lowest BCUT2D eigenvalue weighted by atomic mass is 10.0. The maximum atomic E-state index is 11.0. The number of aliphatic hydroxyl groups is 4. The van der Waals surface area contributed by atoms with Crippen LogP contribution >= 0.6 is 0 Å². The van der Waals surface area contributed by atoms with Crippen molar-refractivity contribution >= 4 is 5.94 Å². The Morgan fingerprint density at radius 2 is 1.79 bits per heavy atom. The molecule has 0 unspecified atom stereocenters. The predicted octanol–water partition coefficient (Wildman–Crippen LogP) is -2.01. The molecule has 0 aromatic carbocycles. The Kier molecular flexibility index (Phi) is 4.57. The van der Waals surface area contributed by atoms with Gasteiger partial charge in [-0.05, 0) is 19.3 Å². The molecule has 0 aliphatic carbocycles. The molecule has 19 heavy (non-hydrogen) atoms. The number of ether oxygens (including phenoxy) is 1. The monoisotopic (exact) mass is 273 g/mol. The molecule has 0 aromatic rings. The number of aliphatic hydroxyl groups excluding tert-OH is 4. The molecule has 0 spiro atoms. The van der Waals surface area contributed by atoms with Crippen LogP contribution in [-0.4, -0.2) is 75.1 Å². The average Bonchev–Trinajstić information content (AvgIpc) is 2.68. The Morgan fingerprint density at radius 1 is 1.16 bits per heavy atom. The molecule has 0 radical (unpaired) electrons. The normalized spacial score (nSPS) is 36.9. The minimum atomic E-state index is -1.57. The van der Waals surface area contributed by atoms with E-state index >= 15 is 0 Å². The molecule has 108 valence electrons. The maximum Gasteiger partial charge on any atom is 0.184 e. The molecule has 0 bridgehead atoms. The van der Waals surface area contributed by atoms with Gasteiger partial charge in [-0.2, -0.15) is 0 Å². The third-order valence-corrected chi connectivity index (χ3v) is 3.67. The van der Waals surface area contributed by atoms with Gasteiger partial charge in [-0.15, -0.1) is 0 Å². The van der Waals surface area contributed by atoms with Crippen LogP contribution in [0.1, 0.15) is 19.3 Å². The second-order valence-corrected chi connectivity index (χ2v) is 4.95. The van der Waals surface area contributed by atoms with Crippen molar-refractivity contribution < 1.29 is 30.0 Å². The number of carbonyl (C=O) groups excluding carboxylic acids is 1. The second kappa shape index (κ2) is 6.00. The SMILES string of the molecule is O=C=C([C@@H](O)[C@H]1O[C@H](O)[C@H](O)[C@H]1O)N1CCCCC1. The molecule has 2 rings (SSSR count). The van der Waals surface area contributed by atoms with Crippen LogP contribution in [-0.2, 0) is 9.53 Å². The zero-order chi connectivity index (χ0) is 14.0. The highest BCUT2D eigenvalue weighted by Gasteiger charge is 2.47. The molecule has 7 nitrogen and oxygen atoms in total. The summed E-state index contributed by atoms with van der Waals surface area (Å²) in [5.74, 6) is 1.69. The molecule has 2 aliphatic heterocycles. The second-order valence-electron chi connectivity index (χ2n) is 4.95. The Hall–Kier alpha value is -0.950. The first-order valence-corrected chi connectivity index (χ1v) is 6.44. The van der Waals surface area contributed by atoms with E-state index in [1.165, 1.54) is 0 Å². The minimum Gasteiger partial charge on any atom is -0.387 e. The highest BCUT2D eigenvalue weighted by molar-refractivity contribution is 5.53. The van der Waals surface area contributed by atoms with Crippen LogP contribution in [0.2, 0.25) is 0 Å². The van der Waals surface area contributed by atoms with Gasteiger partial charge >= 0.3 is 0 Å². The lowest BCUT2D eigenvalue weighted by Crippen LogP contribution is -2.45. The third kappa shape index (κ3) is 2.81. The van der Waals surface area contributed by atoms with Gasteiger partial charge in [-0.3, -0.25) is 0 Å². The van der Waals surface area contributed by atoms with Crippen molar-refractivity contribution in [2.75, 3.05) is 13.1 Å². The van der Waals surface area contributed by atoms with Gasteiger partial charge in [0.05, 0.1) is 0 Å². The van der Waals surface area contributed by atoms with Crippen LogP contribution in [0.25, 0.3) is 0 Å².